The summed E-state index contributed by atoms with van der Waals surface area (Å²) in [5, 5.41) is 0. The zero-order chi connectivity index (χ0) is 15.7. The summed E-state index contributed by atoms with van der Waals surface area (Å²) in [6, 6.07) is 7.49. The first-order valence-electron chi connectivity index (χ1n) is 8.34. The Bertz CT molecular complexity index is 602. The first-order chi connectivity index (χ1) is 10.5. The molecular weight excluding hydrogens is 332 g/mol. The van der Waals surface area contributed by atoms with E-state index in [2.05, 4.69) is 0 Å². The molecule has 6 heteroatoms. The van der Waals surface area contributed by atoms with Gasteiger partial charge < -0.3 is 5.73 Å². The normalized spacial score (nSPS) is 26.9. The summed E-state index contributed by atoms with van der Waals surface area (Å²) in [5.74, 6) is 0.821. The van der Waals surface area contributed by atoms with Crippen molar-refractivity contribution < 1.29 is 8.42 Å². The van der Waals surface area contributed by atoms with E-state index in [1.165, 1.54) is 42.0 Å². The lowest BCUT2D eigenvalue weighted by atomic mass is 9.84. The van der Waals surface area contributed by atoms with E-state index in [0.717, 1.165) is 0 Å². The average molecular weight is 359 g/mol. The molecule has 1 aliphatic heterocycles. The Morgan fingerprint density at radius 3 is 2.17 bits per heavy atom. The van der Waals surface area contributed by atoms with Crippen LogP contribution in [0.5, 0.6) is 0 Å². The van der Waals surface area contributed by atoms with Crippen LogP contribution < -0.4 is 5.73 Å². The molecule has 2 N–H and O–H groups in total. The molecular formula is C17H27ClN2O2S. The fourth-order valence-electron chi connectivity index (χ4n) is 3.64. The van der Waals surface area contributed by atoms with E-state index in [1.54, 1.807) is 12.1 Å². The topological polar surface area (TPSA) is 63.4 Å². The number of benzene rings is 1. The first-order valence-corrected chi connectivity index (χ1v) is 9.78. The number of hydrogen-bond donors (Lipinski definition) is 1. The molecule has 1 saturated carbocycles. The van der Waals surface area contributed by atoms with Crippen LogP contribution >= 0.6 is 12.4 Å². The van der Waals surface area contributed by atoms with Crippen LogP contribution in [0.2, 0.25) is 0 Å². The monoisotopic (exact) mass is 358 g/mol. The van der Waals surface area contributed by atoms with Crippen LogP contribution in [0.4, 0.5) is 0 Å². The smallest absolute Gasteiger partial charge is 0.243 e. The van der Waals surface area contributed by atoms with Crippen LogP contribution in [0.25, 0.3) is 0 Å². The molecule has 23 heavy (non-hydrogen) atoms. The highest BCUT2D eigenvalue weighted by molar-refractivity contribution is 7.89. The molecule has 1 aliphatic carbocycles. The zero-order valence-electron chi connectivity index (χ0n) is 13.6. The lowest BCUT2D eigenvalue weighted by Gasteiger charge is -2.22. The summed E-state index contributed by atoms with van der Waals surface area (Å²) in [7, 11) is -3.40. The largest absolute Gasteiger partial charge is 0.326 e. The van der Waals surface area contributed by atoms with Crippen molar-refractivity contribution in [1.82, 2.24) is 4.31 Å². The van der Waals surface area contributed by atoms with Gasteiger partial charge in [-0.1, -0.05) is 38.3 Å². The van der Waals surface area contributed by atoms with Crippen molar-refractivity contribution in [3.8, 4) is 0 Å². The molecule has 2 aliphatic rings. The van der Waals surface area contributed by atoms with Crippen molar-refractivity contribution in [2.75, 3.05) is 13.1 Å². The third-order valence-corrected chi connectivity index (χ3v) is 7.08. The van der Waals surface area contributed by atoms with Crippen LogP contribution in [0.1, 0.15) is 50.5 Å². The van der Waals surface area contributed by atoms with Gasteiger partial charge in [-0.05, 0) is 42.4 Å². The van der Waals surface area contributed by atoms with Crippen molar-refractivity contribution in [2.45, 2.75) is 55.9 Å². The van der Waals surface area contributed by atoms with Crippen molar-refractivity contribution in [3.05, 3.63) is 29.8 Å². The van der Waals surface area contributed by atoms with Gasteiger partial charge in [-0.25, -0.2) is 8.42 Å². The fourth-order valence-corrected chi connectivity index (χ4v) is 5.22. The number of sulfonamides is 1. The van der Waals surface area contributed by atoms with E-state index < -0.39 is 10.0 Å². The molecule has 0 aromatic heterocycles. The van der Waals surface area contributed by atoms with E-state index >= 15 is 0 Å². The minimum atomic E-state index is -3.40. The minimum Gasteiger partial charge on any atom is -0.326 e. The molecule has 4 nitrogen and oxygen atoms in total. The van der Waals surface area contributed by atoms with Crippen LogP contribution in [0, 0.1) is 5.92 Å². The summed E-state index contributed by atoms with van der Waals surface area (Å²) >= 11 is 0. The van der Waals surface area contributed by atoms with Gasteiger partial charge in [0, 0.05) is 19.1 Å². The molecule has 0 spiro atoms. The second kappa shape index (κ2) is 7.51. The Hall–Kier alpha value is -0.620. The highest BCUT2D eigenvalue weighted by Crippen LogP contribution is 2.33. The lowest BCUT2D eigenvalue weighted by Crippen LogP contribution is -2.32. The van der Waals surface area contributed by atoms with Gasteiger partial charge in [-0.3, -0.25) is 0 Å². The number of hydrogen-bond acceptors (Lipinski definition) is 3. The molecule has 0 radical (unpaired) electrons. The Balaban J connectivity index is 0.00000192. The Morgan fingerprint density at radius 2 is 1.65 bits per heavy atom. The molecule has 1 aromatic rings. The Labute approximate surface area is 145 Å². The summed E-state index contributed by atoms with van der Waals surface area (Å²) < 4.78 is 26.9. The summed E-state index contributed by atoms with van der Waals surface area (Å²) in [6.07, 6.45) is 6.36. The number of nitrogens with two attached hydrogens (primary N) is 1. The molecule has 0 bridgehead atoms. The van der Waals surface area contributed by atoms with Gasteiger partial charge in [0.15, 0.2) is 0 Å². The zero-order valence-corrected chi connectivity index (χ0v) is 15.3. The Kier molecular flexibility index (Phi) is 6.11. The van der Waals surface area contributed by atoms with Gasteiger partial charge in [-0.2, -0.15) is 4.31 Å². The first kappa shape index (κ1) is 18.7. The number of rotatable bonds is 3. The maximum absolute atomic E-state index is 12.7. The standard InChI is InChI=1S/C17H26N2O2S.ClH/c1-13-11-19(12-17(13)18)22(20,21)16-9-7-15(8-10-16)14-5-3-2-4-6-14;/h7-10,13-14,17H,2-6,11-12,18H2,1H3;1H. The second-order valence-corrected chi connectivity index (χ2v) is 8.81. The predicted octanol–water partition coefficient (Wildman–Crippen LogP) is 3.12. The van der Waals surface area contributed by atoms with Crippen molar-refractivity contribution in [1.29, 1.82) is 0 Å². The van der Waals surface area contributed by atoms with Gasteiger partial charge in [0.2, 0.25) is 10.0 Å². The molecule has 130 valence electrons. The predicted molar refractivity (Wildman–Crippen MR) is 95.4 cm³/mol. The van der Waals surface area contributed by atoms with Crippen LogP contribution in [0.3, 0.4) is 0 Å². The maximum Gasteiger partial charge on any atom is 0.243 e. The van der Waals surface area contributed by atoms with Crippen LogP contribution in [-0.4, -0.2) is 31.9 Å². The van der Waals surface area contributed by atoms with E-state index in [4.69, 9.17) is 5.73 Å². The summed E-state index contributed by atoms with van der Waals surface area (Å²) in [4.78, 5) is 0.397. The minimum absolute atomic E-state index is 0. The number of halogens is 1. The van der Waals surface area contributed by atoms with Crippen molar-refractivity contribution in [3.63, 3.8) is 0 Å². The highest BCUT2D eigenvalue weighted by Gasteiger charge is 2.35. The molecule has 2 fully saturated rings. The van der Waals surface area contributed by atoms with Gasteiger partial charge >= 0.3 is 0 Å². The fraction of sp³-hybridized carbons (Fsp3) is 0.647. The van der Waals surface area contributed by atoms with E-state index in [0.29, 0.717) is 23.9 Å². The van der Waals surface area contributed by atoms with E-state index in [9.17, 15) is 8.42 Å². The molecule has 3 rings (SSSR count). The highest BCUT2D eigenvalue weighted by atomic mass is 35.5. The van der Waals surface area contributed by atoms with Crippen LogP contribution in [-0.2, 0) is 10.0 Å². The van der Waals surface area contributed by atoms with Crippen LogP contribution in [0.15, 0.2) is 29.2 Å². The summed E-state index contributed by atoms with van der Waals surface area (Å²) in [6.45, 7) is 2.95. The van der Waals surface area contributed by atoms with Gasteiger partial charge in [0.1, 0.15) is 0 Å². The third-order valence-electron chi connectivity index (χ3n) is 5.23. The molecule has 2 atom stereocenters. The number of nitrogens with zero attached hydrogens (tertiary/aromatic N) is 1. The molecule has 0 amide bonds. The molecule has 1 aromatic carbocycles. The van der Waals surface area contributed by atoms with Gasteiger partial charge in [-0.15, -0.1) is 12.4 Å². The SMILES string of the molecule is CC1CN(S(=O)(=O)c2ccc(C3CCCCC3)cc2)CC1N.Cl. The van der Waals surface area contributed by atoms with Gasteiger partial charge in [0.05, 0.1) is 4.90 Å². The van der Waals surface area contributed by atoms with E-state index in [1.807, 2.05) is 19.1 Å². The quantitative estimate of drug-likeness (QED) is 0.902. The summed E-state index contributed by atoms with van der Waals surface area (Å²) in [5.41, 5.74) is 7.24. The van der Waals surface area contributed by atoms with Crippen molar-refractivity contribution in [2.24, 2.45) is 11.7 Å². The molecule has 2 unspecified atom stereocenters. The maximum atomic E-state index is 12.7. The average Bonchev–Trinajstić information content (AvgIpc) is 2.88. The second-order valence-electron chi connectivity index (χ2n) is 6.87. The molecule has 1 saturated heterocycles. The third kappa shape index (κ3) is 3.90. The van der Waals surface area contributed by atoms with Crippen molar-refractivity contribution >= 4 is 22.4 Å². The lowest BCUT2D eigenvalue weighted by molar-refractivity contribution is 0.443. The van der Waals surface area contributed by atoms with Gasteiger partial charge in [0.25, 0.3) is 0 Å². The molecule has 1 heterocycles. The van der Waals surface area contributed by atoms with E-state index in [-0.39, 0.29) is 24.4 Å². The Morgan fingerprint density at radius 1 is 1.04 bits per heavy atom.